The molecule has 1 saturated heterocycles. The number of piperidine rings is 1. The van der Waals surface area contributed by atoms with Crippen molar-refractivity contribution in [2.75, 3.05) is 24.5 Å². The molecule has 0 saturated carbocycles. The smallest absolute Gasteiger partial charge is 0.309 e. The number of amides is 2. The molecule has 1 aliphatic heterocycles. The monoisotopic (exact) mass is 366 g/mol. The van der Waals surface area contributed by atoms with Gasteiger partial charge in [-0.05, 0) is 43.4 Å². The van der Waals surface area contributed by atoms with Gasteiger partial charge in [0.15, 0.2) is 0 Å². The molecule has 2 aromatic rings. The Balaban J connectivity index is 1.40. The number of hydrogen-bond acceptors (Lipinski definition) is 4. The van der Waals surface area contributed by atoms with Gasteiger partial charge in [0.25, 0.3) is 0 Å². The number of aromatic nitrogens is 1. The summed E-state index contributed by atoms with van der Waals surface area (Å²) in [6.45, 7) is 4.22. The number of anilines is 1. The first kappa shape index (κ1) is 18.9. The van der Waals surface area contributed by atoms with Crippen LogP contribution in [0.25, 0.3) is 0 Å². The first-order valence-corrected chi connectivity index (χ1v) is 9.43. The lowest BCUT2D eigenvalue weighted by Gasteiger charge is -2.32. The first-order valence-electron chi connectivity index (χ1n) is 9.43. The van der Waals surface area contributed by atoms with E-state index < -0.39 is 11.8 Å². The summed E-state index contributed by atoms with van der Waals surface area (Å²) in [7, 11) is 0. The van der Waals surface area contributed by atoms with Crippen LogP contribution in [0.1, 0.15) is 31.4 Å². The molecule has 1 unspecified atom stereocenters. The number of pyridine rings is 1. The lowest BCUT2D eigenvalue weighted by molar-refractivity contribution is -0.139. The van der Waals surface area contributed by atoms with Crippen molar-refractivity contribution in [3.05, 3.63) is 60.3 Å². The number of hydrogen-bond donors (Lipinski definition) is 2. The van der Waals surface area contributed by atoms with E-state index >= 15 is 0 Å². The highest BCUT2D eigenvalue weighted by Crippen LogP contribution is 2.20. The van der Waals surface area contributed by atoms with Gasteiger partial charge in [0, 0.05) is 25.8 Å². The van der Waals surface area contributed by atoms with E-state index in [0.29, 0.717) is 12.5 Å². The number of benzene rings is 1. The Bertz CT molecular complexity index is 743. The Labute approximate surface area is 160 Å². The van der Waals surface area contributed by atoms with Gasteiger partial charge in [-0.25, -0.2) is 4.98 Å². The van der Waals surface area contributed by atoms with Gasteiger partial charge < -0.3 is 15.5 Å². The van der Waals surface area contributed by atoms with Crippen LogP contribution < -0.4 is 15.5 Å². The summed E-state index contributed by atoms with van der Waals surface area (Å²) in [5.74, 6) is 0.227. The summed E-state index contributed by atoms with van der Waals surface area (Å²) in [6.07, 6.45) is 3.74. The Morgan fingerprint density at radius 2 is 1.78 bits per heavy atom. The second kappa shape index (κ2) is 9.16. The van der Waals surface area contributed by atoms with Gasteiger partial charge >= 0.3 is 11.8 Å². The summed E-state index contributed by atoms with van der Waals surface area (Å²) in [5.41, 5.74) is 0.973. The van der Waals surface area contributed by atoms with E-state index in [2.05, 4.69) is 20.5 Å². The molecule has 142 valence electrons. The van der Waals surface area contributed by atoms with Gasteiger partial charge in [0.2, 0.25) is 0 Å². The van der Waals surface area contributed by atoms with Crippen molar-refractivity contribution < 1.29 is 9.59 Å². The van der Waals surface area contributed by atoms with E-state index in [1.807, 2.05) is 55.5 Å². The third-order valence-electron chi connectivity index (χ3n) is 4.99. The largest absolute Gasteiger partial charge is 0.357 e. The Kier molecular flexibility index (Phi) is 6.41. The van der Waals surface area contributed by atoms with Crippen molar-refractivity contribution in [2.45, 2.75) is 25.8 Å². The fourth-order valence-corrected chi connectivity index (χ4v) is 3.31. The van der Waals surface area contributed by atoms with E-state index in [9.17, 15) is 9.59 Å². The van der Waals surface area contributed by atoms with E-state index in [1.54, 1.807) is 6.20 Å². The van der Waals surface area contributed by atoms with Crippen molar-refractivity contribution in [1.29, 1.82) is 0 Å². The van der Waals surface area contributed by atoms with Gasteiger partial charge in [-0.3, -0.25) is 9.59 Å². The predicted molar refractivity (Wildman–Crippen MR) is 105 cm³/mol. The maximum atomic E-state index is 12.1. The second-order valence-corrected chi connectivity index (χ2v) is 6.93. The summed E-state index contributed by atoms with van der Waals surface area (Å²) < 4.78 is 0. The Hall–Kier alpha value is -2.89. The van der Waals surface area contributed by atoms with Crippen LogP contribution in [-0.2, 0) is 9.59 Å². The van der Waals surface area contributed by atoms with Crippen LogP contribution in [0.15, 0.2) is 54.7 Å². The molecule has 3 rings (SSSR count). The van der Waals surface area contributed by atoms with Crippen LogP contribution in [0.2, 0.25) is 0 Å². The minimum Gasteiger partial charge on any atom is -0.357 e. The lowest BCUT2D eigenvalue weighted by Crippen LogP contribution is -2.44. The van der Waals surface area contributed by atoms with Crippen molar-refractivity contribution >= 4 is 17.6 Å². The van der Waals surface area contributed by atoms with E-state index in [-0.39, 0.29) is 6.04 Å². The summed E-state index contributed by atoms with van der Waals surface area (Å²) in [5, 5.41) is 5.52. The summed E-state index contributed by atoms with van der Waals surface area (Å²) in [4.78, 5) is 30.8. The number of nitrogens with zero attached hydrogens (tertiary/aromatic N) is 2. The zero-order valence-electron chi connectivity index (χ0n) is 15.6. The average Bonchev–Trinajstić information content (AvgIpc) is 2.73. The summed E-state index contributed by atoms with van der Waals surface area (Å²) in [6, 6.07) is 15.3. The molecule has 2 N–H and O–H groups in total. The molecule has 1 aromatic heterocycles. The normalized spacial score (nSPS) is 15.8. The van der Waals surface area contributed by atoms with E-state index in [1.165, 1.54) is 0 Å². The molecule has 6 heteroatoms. The lowest BCUT2D eigenvalue weighted by atomic mass is 9.97. The van der Waals surface area contributed by atoms with Gasteiger partial charge in [0.1, 0.15) is 5.82 Å². The topological polar surface area (TPSA) is 74.3 Å². The average molecular weight is 366 g/mol. The van der Waals surface area contributed by atoms with Gasteiger partial charge in [-0.2, -0.15) is 0 Å². The molecule has 0 spiro atoms. The molecule has 0 bridgehead atoms. The van der Waals surface area contributed by atoms with E-state index in [0.717, 1.165) is 37.3 Å². The van der Waals surface area contributed by atoms with Crippen LogP contribution in [0.5, 0.6) is 0 Å². The van der Waals surface area contributed by atoms with Crippen molar-refractivity contribution in [3.63, 3.8) is 0 Å². The molecule has 0 radical (unpaired) electrons. The quantitative estimate of drug-likeness (QED) is 0.797. The number of carbonyl (C=O) groups excluding carboxylic acids is 2. The molecule has 1 aromatic carbocycles. The predicted octanol–water partition coefficient (Wildman–Crippen LogP) is 2.29. The minimum atomic E-state index is -0.586. The summed E-state index contributed by atoms with van der Waals surface area (Å²) >= 11 is 0. The number of rotatable bonds is 5. The fraction of sp³-hybridized carbons (Fsp3) is 0.381. The molecule has 2 amide bonds. The van der Waals surface area contributed by atoms with Gasteiger partial charge in [0.05, 0.1) is 6.04 Å². The third kappa shape index (κ3) is 5.29. The maximum Gasteiger partial charge on any atom is 0.309 e. The molecule has 6 nitrogen and oxygen atoms in total. The highest BCUT2D eigenvalue weighted by atomic mass is 16.2. The molecule has 1 fully saturated rings. The molecule has 1 aliphatic rings. The maximum absolute atomic E-state index is 12.1. The second-order valence-electron chi connectivity index (χ2n) is 6.93. The van der Waals surface area contributed by atoms with Gasteiger partial charge in [-0.1, -0.05) is 36.4 Å². The molecular weight excluding hydrogens is 340 g/mol. The fourth-order valence-electron chi connectivity index (χ4n) is 3.31. The zero-order chi connectivity index (χ0) is 19.1. The van der Waals surface area contributed by atoms with Crippen LogP contribution in [-0.4, -0.2) is 36.4 Å². The van der Waals surface area contributed by atoms with Crippen LogP contribution in [0.3, 0.4) is 0 Å². The van der Waals surface area contributed by atoms with Crippen LogP contribution in [0.4, 0.5) is 5.82 Å². The van der Waals surface area contributed by atoms with Gasteiger partial charge in [-0.15, -0.1) is 0 Å². The standard InChI is InChI=1S/C21H26N4O2/c1-16(18-7-3-2-4-8-18)24-21(27)20(26)23-15-17-10-13-25(14-11-17)19-9-5-6-12-22-19/h2-9,12,16-17H,10-11,13-15H2,1H3,(H,23,26)(H,24,27). The van der Waals surface area contributed by atoms with Crippen molar-refractivity contribution in [2.24, 2.45) is 5.92 Å². The molecular formula is C21H26N4O2. The number of nitrogens with one attached hydrogen (secondary N) is 2. The van der Waals surface area contributed by atoms with Crippen molar-refractivity contribution in [1.82, 2.24) is 15.6 Å². The Morgan fingerprint density at radius 3 is 2.44 bits per heavy atom. The first-order chi connectivity index (χ1) is 13.1. The Morgan fingerprint density at radius 1 is 1.07 bits per heavy atom. The van der Waals surface area contributed by atoms with Crippen LogP contribution >= 0.6 is 0 Å². The highest BCUT2D eigenvalue weighted by Gasteiger charge is 2.22. The van der Waals surface area contributed by atoms with E-state index in [4.69, 9.17) is 0 Å². The zero-order valence-corrected chi connectivity index (χ0v) is 15.6. The molecule has 27 heavy (non-hydrogen) atoms. The molecule has 2 heterocycles. The van der Waals surface area contributed by atoms with Crippen molar-refractivity contribution in [3.8, 4) is 0 Å². The third-order valence-corrected chi connectivity index (χ3v) is 4.99. The minimum absolute atomic E-state index is 0.203. The molecule has 0 aliphatic carbocycles. The molecule has 1 atom stereocenters. The highest BCUT2D eigenvalue weighted by molar-refractivity contribution is 6.35. The number of carbonyl (C=O) groups is 2. The van der Waals surface area contributed by atoms with Crippen LogP contribution in [0, 0.1) is 5.92 Å². The SMILES string of the molecule is CC(NC(=O)C(=O)NCC1CCN(c2ccccn2)CC1)c1ccccc1.